The number of carbonyl (C=O) groups excluding carboxylic acids is 1. The molecule has 1 aromatic heterocycles. The van der Waals surface area contributed by atoms with Crippen LogP contribution in [0.5, 0.6) is 5.75 Å². The van der Waals surface area contributed by atoms with Crippen LogP contribution in [0.25, 0.3) is 11.4 Å². The van der Waals surface area contributed by atoms with E-state index in [1.54, 1.807) is 7.11 Å². The number of aromatic nitrogens is 3. The molecule has 0 radical (unpaired) electrons. The normalized spacial score (nSPS) is 17.6. The summed E-state index contributed by atoms with van der Waals surface area (Å²) in [7, 11) is 1.66. The number of nitrogens with one attached hydrogen (secondary N) is 2. The SMILES string of the molecule is COc1cccc(C2(C(=O)Nc3cccc(-c4n[nH]c(C5CC5)n4)c3)CCCC2)c1. The highest BCUT2D eigenvalue weighted by atomic mass is 16.5. The van der Waals surface area contributed by atoms with E-state index in [1.807, 2.05) is 48.5 Å². The zero-order valence-electron chi connectivity index (χ0n) is 17.1. The highest BCUT2D eigenvalue weighted by Gasteiger charge is 2.43. The monoisotopic (exact) mass is 402 g/mol. The number of carbonyl (C=O) groups is 1. The smallest absolute Gasteiger partial charge is 0.235 e. The molecule has 154 valence electrons. The predicted octanol–water partition coefficient (Wildman–Crippen LogP) is 4.81. The summed E-state index contributed by atoms with van der Waals surface area (Å²) in [5.74, 6) is 2.99. The third-order valence-corrected chi connectivity index (χ3v) is 6.36. The first-order valence-corrected chi connectivity index (χ1v) is 10.7. The molecule has 0 bridgehead atoms. The molecule has 30 heavy (non-hydrogen) atoms. The number of nitrogens with zero attached hydrogens (tertiary/aromatic N) is 2. The van der Waals surface area contributed by atoms with Crippen molar-refractivity contribution >= 4 is 11.6 Å². The minimum Gasteiger partial charge on any atom is -0.497 e. The molecule has 1 amide bonds. The van der Waals surface area contributed by atoms with Crippen LogP contribution in [0.3, 0.4) is 0 Å². The zero-order chi connectivity index (χ0) is 20.6. The first kappa shape index (κ1) is 18.9. The van der Waals surface area contributed by atoms with Gasteiger partial charge < -0.3 is 10.1 Å². The summed E-state index contributed by atoms with van der Waals surface area (Å²) in [4.78, 5) is 18.1. The average molecular weight is 402 g/mol. The van der Waals surface area contributed by atoms with Gasteiger partial charge in [0.05, 0.1) is 12.5 Å². The van der Waals surface area contributed by atoms with E-state index < -0.39 is 5.41 Å². The third-order valence-electron chi connectivity index (χ3n) is 6.36. The van der Waals surface area contributed by atoms with Crippen LogP contribution in [-0.4, -0.2) is 28.2 Å². The first-order valence-electron chi connectivity index (χ1n) is 10.7. The minimum absolute atomic E-state index is 0.0408. The van der Waals surface area contributed by atoms with Gasteiger partial charge in [0.1, 0.15) is 11.6 Å². The molecule has 2 N–H and O–H groups in total. The number of amides is 1. The molecule has 2 fully saturated rings. The van der Waals surface area contributed by atoms with Crippen molar-refractivity contribution in [1.82, 2.24) is 15.2 Å². The van der Waals surface area contributed by atoms with Gasteiger partial charge in [0.15, 0.2) is 5.82 Å². The lowest BCUT2D eigenvalue weighted by Crippen LogP contribution is -2.38. The Kier molecular flexibility index (Phi) is 4.77. The Labute approximate surface area is 176 Å². The van der Waals surface area contributed by atoms with Gasteiger partial charge in [0.2, 0.25) is 5.91 Å². The highest BCUT2D eigenvalue weighted by molar-refractivity contribution is 5.99. The fraction of sp³-hybridized carbons (Fsp3) is 0.375. The summed E-state index contributed by atoms with van der Waals surface area (Å²) in [6, 6.07) is 15.7. The Balaban J connectivity index is 1.40. The molecule has 0 atom stereocenters. The van der Waals surface area contributed by atoms with Gasteiger partial charge in [-0.05, 0) is 55.5 Å². The van der Waals surface area contributed by atoms with Crippen LogP contribution in [0.4, 0.5) is 5.69 Å². The maximum atomic E-state index is 13.5. The molecule has 2 aliphatic carbocycles. The molecule has 1 heterocycles. The van der Waals surface area contributed by atoms with Crippen molar-refractivity contribution < 1.29 is 9.53 Å². The zero-order valence-corrected chi connectivity index (χ0v) is 17.1. The van der Waals surface area contributed by atoms with Crippen LogP contribution in [-0.2, 0) is 10.2 Å². The summed E-state index contributed by atoms with van der Waals surface area (Å²) < 4.78 is 5.40. The van der Waals surface area contributed by atoms with Crippen LogP contribution in [0, 0.1) is 0 Å². The third kappa shape index (κ3) is 3.47. The second kappa shape index (κ2) is 7.59. The quantitative estimate of drug-likeness (QED) is 0.620. The Morgan fingerprint density at radius 2 is 1.93 bits per heavy atom. The number of hydrogen-bond acceptors (Lipinski definition) is 4. The van der Waals surface area contributed by atoms with E-state index in [9.17, 15) is 4.79 Å². The van der Waals surface area contributed by atoms with Crippen molar-refractivity contribution in [2.24, 2.45) is 0 Å². The predicted molar refractivity (Wildman–Crippen MR) is 116 cm³/mol. The Morgan fingerprint density at radius 3 is 2.70 bits per heavy atom. The molecule has 0 unspecified atom stereocenters. The Hall–Kier alpha value is -3.15. The van der Waals surface area contributed by atoms with E-state index in [4.69, 9.17) is 4.74 Å². The van der Waals surface area contributed by atoms with Crippen LogP contribution < -0.4 is 10.1 Å². The van der Waals surface area contributed by atoms with Gasteiger partial charge in [0, 0.05) is 17.2 Å². The summed E-state index contributed by atoms with van der Waals surface area (Å²) in [6.45, 7) is 0. The summed E-state index contributed by atoms with van der Waals surface area (Å²) in [5, 5.41) is 10.6. The Morgan fingerprint density at radius 1 is 1.13 bits per heavy atom. The largest absolute Gasteiger partial charge is 0.497 e. The van der Waals surface area contributed by atoms with Gasteiger partial charge in [-0.25, -0.2) is 4.98 Å². The minimum atomic E-state index is -0.520. The van der Waals surface area contributed by atoms with E-state index >= 15 is 0 Å². The first-order chi connectivity index (χ1) is 14.7. The molecule has 5 rings (SSSR count). The molecule has 2 aromatic carbocycles. The lowest BCUT2D eigenvalue weighted by molar-refractivity contribution is -0.121. The van der Waals surface area contributed by atoms with Crippen molar-refractivity contribution in [1.29, 1.82) is 0 Å². The molecule has 3 aromatic rings. The molecule has 0 spiro atoms. The maximum Gasteiger partial charge on any atom is 0.235 e. The van der Waals surface area contributed by atoms with Crippen LogP contribution in [0.15, 0.2) is 48.5 Å². The van der Waals surface area contributed by atoms with Crippen LogP contribution >= 0.6 is 0 Å². The van der Waals surface area contributed by atoms with Crippen LogP contribution in [0.1, 0.15) is 55.8 Å². The van der Waals surface area contributed by atoms with E-state index in [0.717, 1.165) is 54.1 Å². The molecule has 2 aliphatic rings. The second-order valence-electron chi connectivity index (χ2n) is 8.37. The van der Waals surface area contributed by atoms with Crippen molar-refractivity contribution in [2.75, 3.05) is 12.4 Å². The van der Waals surface area contributed by atoms with Crippen molar-refractivity contribution in [3.8, 4) is 17.1 Å². The van der Waals surface area contributed by atoms with Gasteiger partial charge in [-0.1, -0.05) is 37.1 Å². The number of anilines is 1. The van der Waals surface area contributed by atoms with Crippen molar-refractivity contribution in [2.45, 2.75) is 49.9 Å². The molecular weight excluding hydrogens is 376 g/mol. The molecule has 6 heteroatoms. The summed E-state index contributed by atoms with van der Waals surface area (Å²) in [5.41, 5.74) is 2.17. The Bertz CT molecular complexity index is 1060. The average Bonchev–Trinajstić information content (AvgIpc) is 3.29. The highest BCUT2D eigenvalue weighted by Crippen LogP contribution is 2.43. The van der Waals surface area contributed by atoms with Gasteiger partial charge in [0.25, 0.3) is 0 Å². The summed E-state index contributed by atoms with van der Waals surface area (Å²) in [6.07, 6.45) is 6.14. The number of hydrogen-bond donors (Lipinski definition) is 2. The number of ether oxygens (including phenoxy) is 1. The van der Waals surface area contributed by atoms with E-state index in [-0.39, 0.29) is 5.91 Å². The van der Waals surface area contributed by atoms with Crippen LogP contribution in [0.2, 0.25) is 0 Å². The number of benzene rings is 2. The molecule has 2 saturated carbocycles. The standard InChI is InChI=1S/C24H26N4O2/c1-30-20-9-5-7-18(15-20)24(12-2-3-13-24)23(29)25-19-8-4-6-17(14-19)22-26-21(27-28-22)16-10-11-16/h4-9,14-16H,2-3,10-13H2,1H3,(H,25,29)(H,26,27,28). The van der Waals surface area contributed by atoms with Crippen molar-refractivity contribution in [3.63, 3.8) is 0 Å². The fourth-order valence-electron chi connectivity index (χ4n) is 4.48. The number of H-pyrrole nitrogens is 1. The fourth-order valence-corrected chi connectivity index (χ4v) is 4.48. The van der Waals surface area contributed by atoms with Gasteiger partial charge in [-0.15, -0.1) is 0 Å². The molecule has 6 nitrogen and oxygen atoms in total. The van der Waals surface area contributed by atoms with Crippen molar-refractivity contribution in [3.05, 3.63) is 59.9 Å². The van der Waals surface area contributed by atoms with E-state index in [0.29, 0.717) is 11.7 Å². The number of methoxy groups -OCH3 is 1. The lowest BCUT2D eigenvalue weighted by atomic mass is 9.78. The van der Waals surface area contributed by atoms with Gasteiger partial charge in [-0.2, -0.15) is 5.10 Å². The maximum absolute atomic E-state index is 13.5. The molecule has 0 saturated heterocycles. The second-order valence-corrected chi connectivity index (χ2v) is 8.37. The lowest BCUT2D eigenvalue weighted by Gasteiger charge is -2.28. The topological polar surface area (TPSA) is 79.9 Å². The van der Waals surface area contributed by atoms with Gasteiger partial charge >= 0.3 is 0 Å². The molecular formula is C24H26N4O2. The van der Waals surface area contributed by atoms with E-state index in [2.05, 4.69) is 20.5 Å². The number of rotatable bonds is 6. The van der Waals surface area contributed by atoms with Gasteiger partial charge in [-0.3, -0.25) is 9.89 Å². The van der Waals surface area contributed by atoms with E-state index in [1.165, 1.54) is 12.8 Å². The number of aromatic amines is 1. The molecule has 0 aliphatic heterocycles. The summed E-state index contributed by atoms with van der Waals surface area (Å²) >= 11 is 0.